The first-order chi connectivity index (χ1) is 6.74. The van der Waals surface area contributed by atoms with Crippen LogP contribution in [0.15, 0.2) is 12.4 Å². The normalized spacial score (nSPS) is 16.4. The first-order valence-corrected chi connectivity index (χ1v) is 5.07. The molecule has 0 atom stereocenters. The Bertz CT molecular complexity index is 494. The van der Waals surface area contributed by atoms with Crippen molar-refractivity contribution in [2.75, 3.05) is 0 Å². The van der Waals surface area contributed by atoms with Crippen LogP contribution in [0.2, 0.25) is 0 Å². The van der Waals surface area contributed by atoms with Gasteiger partial charge in [-0.3, -0.25) is 4.98 Å². The zero-order chi connectivity index (χ0) is 9.71. The van der Waals surface area contributed by atoms with Crippen molar-refractivity contribution in [3.05, 3.63) is 29.5 Å². The summed E-state index contributed by atoms with van der Waals surface area (Å²) in [6.45, 7) is 4.05. The van der Waals surface area contributed by atoms with Crippen LogP contribution >= 0.6 is 0 Å². The summed E-state index contributed by atoms with van der Waals surface area (Å²) in [4.78, 5) is 9.03. The lowest BCUT2D eigenvalue weighted by molar-refractivity contribution is 0.945. The molecule has 72 valence electrons. The minimum atomic E-state index is 0.709. The number of hydrogen-bond acceptors (Lipinski definition) is 2. The first-order valence-electron chi connectivity index (χ1n) is 5.07. The average Bonchev–Trinajstić information content (AvgIpc) is 2.89. The molecule has 3 nitrogen and oxygen atoms in total. The Labute approximate surface area is 82.8 Å². The monoisotopic (exact) mass is 187 g/mol. The Kier molecular flexibility index (Phi) is 1.46. The summed E-state index contributed by atoms with van der Waals surface area (Å²) in [6.07, 6.45) is 6.78. The van der Waals surface area contributed by atoms with Crippen molar-refractivity contribution < 1.29 is 0 Å². The van der Waals surface area contributed by atoms with E-state index in [4.69, 9.17) is 0 Å². The largest absolute Gasteiger partial charge is 0.303 e. The number of nitrogens with zero attached hydrogens (tertiary/aromatic N) is 3. The summed E-state index contributed by atoms with van der Waals surface area (Å²) in [5.41, 5.74) is 4.32. The Morgan fingerprint density at radius 1 is 1.21 bits per heavy atom. The van der Waals surface area contributed by atoms with Gasteiger partial charge in [-0.05, 0) is 26.7 Å². The number of rotatable bonds is 1. The van der Waals surface area contributed by atoms with Gasteiger partial charge in [0.1, 0.15) is 0 Å². The number of aryl methyl sites for hydroxylation is 2. The van der Waals surface area contributed by atoms with Crippen molar-refractivity contribution >= 4 is 5.65 Å². The van der Waals surface area contributed by atoms with E-state index in [1.54, 1.807) is 0 Å². The third-order valence-corrected chi connectivity index (χ3v) is 2.74. The Balaban J connectivity index is 2.26. The number of imidazole rings is 1. The molecule has 0 N–H and O–H groups in total. The van der Waals surface area contributed by atoms with Crippen molar-refractivity contribution in [2.45, 2.75) is 32.6 Å². The summed E-state index contributed by atoms with van der Waals surface area (Å²) >= 11 is 0. The minimum absolute atomic E-state index is 0.709. The lowest BCUT2D eigenvalue weighted by Crippen LogP contribution is -1.96. The van der Waals surface area contributed by atoms with Crippen molar-refractivity contribution in [1.29, 1.82) is 0 Å². The molecule has 0 radical (unpaired) electrons. The van der Waals surface area contributed by atoms with Gasteiger partial charge >= 0.3 is 0 Å². The molecule has 2 heterocycles. The summed E-state index contributed by atoms with van der Waals surface area (Å²) in [7, 11) is 0. The molecule has 1 aliphatic carbocycles. The molecule has 3 rings (SSSR count). The van der Waals surface area contributed by atoms with E-state index in [1.807, 2.05) is 13.8 Å². The molecule has 0 spiro atoms. The van der Waals surface area contributed by atoms with Gasteiger partial charge in [-0.2, -0.15) is 0 Å². The van der Waals surface area contributed by atoms with E-state index >= 15 is 0 Å². The van der Waals surface area contributed by atoms with Gasteiger partial charge in [0, 0.05) is 18.3 Å². The second-order valence-electron chi connectivity index (χ2n) is 4.14. The molecule has 1 saturated carbocycles. The van der Waals surface area contributed by atoms with Gasteiger partial charge in [0.05, 0.1) is 17.1 Å². The Morgan fingerprint density at radius 2 is 2.00 bits per heavy atom. The smallest absolute Gasteiger partial charge is 0.158 e. The zero-order valence-corrected chi connectivity index (χ0v) is 8.49. The highest BCUT2D eigenvalue weighted by atomic mass is 15.0. The molecule has 2 aromatic heterocycles. The fraction of sp³-hybridized carbons (Fsp3) is 0.455. The molecule has 1 aliphatic rings. The summed E-state index contributed by atoms with van der Waals surface area (Å²) in [5, 5.41) is 0. The van der Waals surface area contributed by atoms with Crippen LogP contribution < -0.4 is 0 Å². The van der Waals surface area contributed by atoms with Crippen LogP contribution in [0.1, 0.15) is 35.8 Å². The van der Waals surface area contributed by atoms with Crippen LogP contribution in [-0.4, -0.2) is 14.4 Å². The summed E-state index contributed by atoms with van der Waals surface area (Å²) < 4.78 is 2.10. The first kappa shape index (κ1) is 7.97. The highest BCUT2D eigenvalue weighted by Crippen LogP contribution is 2.39. The quantitative estimate of drug-likeness (QED) is 0.685. The lowest BCUT2D eigenvalue weighted by Gasteiger charge is -2.01. The predicted molar refractivity (Wildman–Crippen MR) is 54.4 cm³/mol. The van der Waals surface area contributed by atoms with Gasteiger partial charge in [0.2, 0.25) is 0 Å². The molecule has 3 heteroatoms. The van der Waals surface area contributed by atoms with Gasteiger partial charge in [0.15, 0.2) is 5.65 Å². The fourth-order valence-corrected chi connectivity index (χ4v) is 1.87. The maximum atomic E-state index is 4.59. The number of fused-ring (bicyclic) bond motifs is 1. The van der Waals surface area contributed by atoms with E-state index in [1.165, 1.54) is 18.5 Å². The molecular weight excluding hydrogens is 174 g/mol. The van der Waals surface area contributed by atoms with Crippen LogP contribution in [0.5, 0.6) is 0 Å². The average molecular weight is 187 g/mol. The summed E-state index contributed by atoms with van der Waals surface area (Å²) in [5.74, 6) is 0.709. The van der Waals surface area contributed by atoms with E-state index in [0.29, 0.717) is 5.92 Å². The second-order valence-corrected chi connectivity index (χ2v) is 4.14. The molecule has 0 unspecified atom stereocenters. The molecule has 0 bridgehead atoms. The molecule has 2 aromatic rings. The van der Waals surface area contributed by atoms with Gasteiger partial charge in [0.25, 0.3) is 0 Å². The molecule has 14 heavy (non-hydrogen) atoms. The molecule has 0 saturated heterocycles. The van der Waals surface area contributed by atoms with Crippen molar-refractivity contribution in [3.8, 4) is 0 Å². The van der Waals surface area contributed by atoms with Crippen molar-refractivity contribution in [3.63, 3.8) is 0 Å². The van der Waals surface area contributed by atoms with Crippen molar-refractivity contribution in [1.82, 2.24) is 14.4 Å². The summed E-state index contributed by atoms with van der Waals surface area (Å²) in [6, 6.07) is 0. The number of aromatic nitrogens is 3. The van der Waals surface area contributed by atoms with Gasteiger partial charge < -0.3 is 4.40 Å². The topological polar surface area (TPSA) is 30.2 Å². The van der Waals surface area contributed by atoms with E-state index in [9.17, 15) is 0 Å². The van der Waals surface area contributed by atoms with Gasteiger partial charge in [-0.1, -0.05) is 0 Å². The van der Waals surface area contributed by atoms with E-state index in [0.717, 1.165) is 17.0 Å². The molecule has 0 amide bonds. The highest BCUT2D eigenvalue weighted by Gasteiger charge is 2.25. The van der Waals surface area contributed by atoms with Crippen LogP contribution in [0.25, 0.3) is 5.65 Å². The zero-order valence-electron chi connectivity index (χ0n) is 8.49. The lowest BCUT2D eigenvalue weighted by atomic mass is 10.3. The molecule has 0 aliphatic heterocycles. The number of hydrogen-bond donors (Lipinski definition) is 0. The standard InChI is InChI=1S/C11H13N3/c1-7-5-14-6-10(9-3-4-9)13-8(2)11(14)12-7/h5-6,9H,3-4H2,1-2H3. The minimum Gasteiger partial charge on any atom is -0.303 e. The molecular formula is C11H13N3. The Hall–Kier alpha value is -1.38. The van der Waals surface area contributed by atoms with Crippen LogP contribution in [-0.2, 0) is 0 Å². The maximum Gasteiger partial charge on any atom is 0.158 e. The second kappa shape index (κ2) is 2.56. The van der Waals surface area contributed by atoms with E-state index in [2.05, 4.69) is 26.8 Å². The maximum absolute atomic E-state index is 4.59. The molecule has 0 aromatic carbocycles. The van der Waals surface area contributed by atoms with Crippen LogP contribution in [0.4, 0.5) is 0 Å². The molecule has 1 fully saturated rings. The fourth-order valence-electron chi connectivity index (χ4n) is 1.87. The Morgan fingerprint density at radius 3 is 2.71 bits per heavy atom. The SMILES string of the molecule is Cc1cn2cc(C3CC3)nc(C)c2n1. The van der Waals surface area contributed by atoms with Crippen molar-refractivity contribution in [2.24, 2.45) is 0 Å². The van der Waals surface area contributed by atoms with Gasteiger partial charge in [-0.15, -0.1) is 0 Å². The van der Waals surface area contributed by atoms with Gasteiger partial charge in [-0.25, -0.2) is 4.98 Å². The van der Waals surface area contributed by atoms with E-state index < -0.39 is 0 Å². The predicted octanol–water partition coefficient (Wildman–Crippen LogP) is 2.22. The third-order valence-electron chi connectivity index (χ3n) is 2.74. The van der Waals surface area contributed by atoms with Crippen LogP contribution in [0, 0.1) is 13.8 Å². The third kappa shape index (κ3) is 1.12. The highest BCUT2D eigenvalue weighted by molar-refractivity contribution is 5.45. The van der Waals surface area contributed by atoms with Crippen LogP contribution in [0.3, 0.4) is 0 Å². The van der Waals surface area contributed by atoms with E-state index in [-0.39, 0.29) is 0 Å².